The summed E-state index contributed by atoms with van der Waals surface area (Å²) < 4.78 is 37.6. The van der Waals surface area contributed by atoms with E-state index in [1.807, 2.05) is 20.8 Å². The summed E-state index contributed by atoms with van der Waals surface area (Å²) in [7, 11) is 3.50. The summed E-state index contributed by atoms with van der Waals surface area (Å²) >= 11 is 0. The predicted molar refractivity (Wildman–Crippen MR) is 117 cm³/mol. The Hall–Kier alpha value is -2.63. The van der Waals surface area contributed by atoms with Crippen LogP contribution in [0, 0.1) is 0 Å². The molecule has 0 aromatic carbocycles. The zero-order chi connectivity index (χ0) is 24.3. The van der Waals surface area contributed by atoms with Crippen LogP contribution >= 0.6 is 0 Å². The van der Waals surface area contributed by atoms with Gasteiger partial charge in [0.05, 0.1) is 0 Å². The number of halogens is 2. The van der Waals surface area contributed by atoms with Gasteiger partial charge in [-0.3, -0.25) is 0 Å². The quantitative estimate of drug-likeness (QED) is 0.722. The van der Waals surface area contributed by atoms with E-state index in [1.54, 1.807) is 34.5 Å². The maximum atomic E-state index is 14.9. The number of nitrogens with one attached hydrogen (secondary N) is 1. The second-order valence-electron chi connectivity index (χ2n) is 9.68. The first-order valence-corrected chi connectivity index (χ1v) is 11.2. The number of carbonyl (C=O) groups is 1. The highest BCUT2D eigenvalue weighted by atomic mass is 19.1. The third-order valence-electron chi connectivity index (χ3n) is 5.83. The Morgan fingerprint density at radius 2 is 1.39 bits per heavy atom. The van der Waals surface area contributed by atoms with E-state index in [0.717, 1.165) is 0 Å². The van der Waals surface area contributed by atoms with Crippen molar-refractivity contribution in [3.63, 3.8) is 0 Å². The molecule has 10 nitrogen and oxygen atoms in total. The van der Waals surface area contributed by atoms with Crippen molar-refractivity contribution in [2.24, 2.45) is 14.1 Å². The molecule has 2 saturated heterocycles. The second-order valence-corrected chi connectivity index (χ2v) is 9.68. The fourth-order valence-corrected chi connectivity index (χ4v) is 4.02. The number of carbonyl (C=O) groups excluding carboxylic acids is 1. The zero-order valence-corrected chi connectivity index (χ0v) is 20.0. The van der Waals surface area contributed by atoms with E-state index in [1.165, 1.54) is 6.33 Å². The summed E-state index contributed by atoms with van der Waals surface area (Å²) in [4.78, 5) is 13.5. The molecule has 0 aliphatic carbocycles. The normalized spacial score (nSPS) is 20.0. The lowest BCUT2D eigenvalue weighted by molar-refractivity contribution is -0.000496. The average Bonchev–Trinajstić information content (AvgIpc) is 3.37. The molecule has 2 aromatic rings. The van der Waals surface area contributed by atoms with Crippen molar-refractivity contribution >= 4 is 6.09 Å². The molecule has 12 heteroatoms. The lowest BCUT2D eigenvalue weighted by Gasteiger charge is -2.36. The maximum absolute atomic E-state index is 14.9. The van der Waals surface area contributed by atoms with Gasteiger partial charge in [0.1, 0.15) is 18.3 Å². The molecule has 33 heavy (non-hydrogen) atoms. The van der Waals surface area contributed by atoms with Crippen LogP contribution in [0.25, 0.3) is 0 Å². The molecule has 2 aliphatic rings. The van der Waals surface area contributed by atoms with Crippen molar-refractivity contribution in [3.05, 3.63) is 24.3 Å². The number of hydrogen-bond acceptors (Lipinski definition) is 7. The summed E-state index contributed by atoms with van der Waals surface area (Å²) in [6, 6.07) is 0. The molecule has 0 spiro atoms. The minimum atomic E-state index is -1.52. The molecule has 0 bridgehead atoms. The fourth-order valence-electron chi connectivity index (χ4n) is 4.02. The zero-order valence-electron chi connectivity index (χ0n) is 20.0. The molecule has 1 amide bonds. The molecular weight excluding hydrogens is 434 g/mol. The Morgan fingerprint density at radius 1 is 0.939 bits per heavy atom. The number of ether oxygens (including phenoxy) is 1. The topological polar surface area (TPSA) is 103 Å². The maximum Gasteiger partial charge on any atom is 0.410 e. The lowest BCUT2D eigenvalue weighted by atomic mass is 9.92. The Bertz CT molecular complexity index is 925. The molecule has 2 aromatic heterocycles. The van der Waals surface area contributed by atoms with Gasteiger partial charge in [0.15, 0.2) is 23.0 Å². The Labute approximate surface area is 192 Å². The number of amides is 1. The lowest BCUT2D eigenvalue weighted by Crippen LogP contribution is -2.46. The van der Waals surface area contributed by atoms with Gasteiger partial charge in [0.2, 0.25) is 0 Å². The minimum absolute atomic E-state index is 0.207. The highest BCUT2D eigenvalue weighted by molar-refractivity contribution is 5.68. The van der Waals surface area contributed by atoms with Crippen molar-refractivity contribution in [3.8, 4) is 0 Å². The third-order valence-corrected chi connectivity index (χ3v) is 5.83. The highest BCUT2D eigenvalue weighted by Crippen LogP contribution is 2.36. The number of rotatable bonds is 2. The van der Waals surface area contributed by atoms with Crippen molar-refractivity contribution in [2.45, 2.75) is 63.4 Å². The largest absolute Gasteiger partial charge is 0.444 e. The highest BCUT2D eigenvalue weighted by Gasteiger charge is 2.42. The number of aryl methyl sites for hydroxylation is 2. The number of likely N-dealkylation sites (tertiary alicyclic amines) is 1. The van der Waals surface area contributed by atoms with Crippen LogP contribution < -0.4 is 5.32 Å². The van der Waals surface area contributed by atoms with E-state index in [4.69, 9.17) is 4.74 Å². The molecule has 1 N–H and O–H groups in total. The molecule has 2 fully saturated rings. The van der Waals surface area contributed by atoms with E-state index < -0.39 is 23.0 Å². The van der Waals surface area contributed by atoms with Crippen LogP contribution in [0.4, 0.5) is 13.6 Å². The third kappa shape index (κ3) is 6.04. The average molecular weight is 469 g/mol. The van der Waals surface area contributed by atoms with Gasteiger partial charge in [0.25, 0.3) is 0 Å². The van der Waals surface area contributed by atoms with Gasteiger partial charge >= 0.3 is 6.09 Å². The van der Waals surface area contributed by atoms with E-state index >= 15 is 0 Å². The monoisotopic (exact) mass is 468 g/mol. The van der Waals surface area contributed by atoms with Crippen molar-refractivity contribution in [2.75, 3.05) is 26.2 Å². The Balaban J connectivity index is 0.000000203. The van der Waals surface area contributed by atoms with E-state index in [0.29, 0.717) is 50.7 Å². The fraction of sp³-hybridized carbons (Fsp3) is 0.762. The molecule has 0 radical (unpaired) electrons. The molecule has 4 rings (SSSR count). The van der Waals surface area contributed by atoms with Gasteiger partial charge in [0, 0.05) is 52.9 Å². The summed E-state index contributed by atoms with van der Waals surface area (Å²) in [6.07, 6.45) is 4.02. The van der Waals surface area contributed by atoms with Crippen LogP contribution in [0.15, 0.2) is 12.7 Å². The van der Waals surface area contributed by atoms with Gasteiger partial charge in [-0.25, -0.2) is 13.6 Å². The molecule has 0 unspecified atom stereocenters. The number of nitrogens with zero attached hydrogens (tertiary/aromatic N) is 7. The van der Waals surface area contributed by atoms with Crippen LogP contribution in [-0.2, 0) is 30.2 Å². The van der Waals surface area contributed by atoms with Crippen LogP contribution in [0.2, 0.25) is 0 Å². The van der Waals surface area contributed by atoms with Gasteiger partial charge in [-0.1, -0.05) is 0 Å². The SMILES string of the molecule is Cn1cnnc1C1(F)CCN(C(=O)OC(C)(C)C)CC1.Cn1cnnc1C1(F)CCNCC1. The number of hydrogen-bond donors (Lipinski definition) is 1. The van der Waals surface area contributed by atoms with Gasteiger partial charge in [-0.2, -0.15) is 0 Å². The van der Waals surface area contributed by atoms with E-state index in [9.17, 15) is 13.6 Å². The van der Waals surface area contributed by atoms with Crippen LogP contribution in [0.3, 0.4) is 0 Å². The van der Waals surface area contributed by atoms with E-state index in [-0.39, 0.29) is 12.8 Å². The Morgan fingerprint density at radius 3 is 1.79 bits per heavy atom. The Kier molecular flexibility index (Phi) is 7.35. The summed E-state index contributed by atoms with van der Waals surface area (Å²) in [5.74, 6) is 0.773. The van der Waals surface area contributed by atoms with Crippen molar-refractivity contribution < 1.29 is 18.3 Å². The number of aromatic nitrogens is 6. The van der Waals surface area contributed by atoms with E-state index in [2.05, 4.69) is 25.7 Å². The summed E-state index contributed by atoms with van der Waals surface area (Å²) in [6.45, 7) is 7.50. The smallest absolute Gasteiger partial charge is 0.410 e. The predicted octanol–water partition coefficient (Wildman–Crippen LogP) is 2.37. The van der Waals surface area contributed by atoms with Gasteiger partial charge in [-0.15, -0.1) is 20.4 Å². The summed E-state index contributed by atoms with van der Waals surface area (Å²) in [5.41, 5.74) is -3.34. The van der Waals surface area contributed by atoms with Crippen LogP contribution in [0.5, 0.6) is 0 Å². The van der Waals surface area contributed by atoms with Crippen LogP contribution in [0.1, 0.15) is 58.1 Å². The molecule has 0 saturated carbocycles. The molecule has 4 heterocycles. The van der Waals surface area contributed by atoms with Crippen molar-refractivity contribution in [1.82, 2.24) is 39.7 Å². The first-order chi connectivity index (χ1) is 15.4. The first-order valence-electron chi connectivity index (χ1n) is 11.2. The number of piperidine rings is 2. The summed E-state index contributed by atoms with van der Waals surface area (Å²) in [5, 5.41) is 18.2. The van der Waals surface area contributed by atoms with Gasteiger partial charge < -0.3 is 24.1 Å². The molecular formula is C21H34F2N8O2. The van der Waals surface area contributed by atoms with Gasteiger partial charge in [-0.05, 0) is 33.9 Å². The first kappa shape index (κ1) is 25.0. The standard InChI is InChI=1S/C13H21FN4O2.C8H13FN4/c1-12(2,3)20-11(19)18-7-5-13(14,6-8-18)10-16-15-9-17(10)4;1-13-6-11-12-7(13)8(9)2-4-10-5-3-8/h9H,5-8H2,1-4H3;6,10H,2-5H2,1H3. The van der Waals surface area contributed by atoms with Crippen LogP contribution in [-0.4, -0.2) is 72.3 Å². The minimum Gasteiger partial charge on any atom is -0.444 e. The number of alkyl halides is 2. The van der Waals surface area contributed by atoms with Crippen molar-refractivity contribution in [1.29, 1.82) is 0 Å². The second kappa shape index (κ2) is 9.70. The molecule has 0 atom stereocenters. The molecule has 2 aliphatic heterocycles. The molecule has 184 valence electrons.